The quantitative estimate of drug-likeness (QED) is 0.0923. The minimum absolute atomic E-state index is 0.0199. The molecule has 2 saturated heterocycles. The first kappa shape index (κ1) is 37.7. The molecular weight excluding hydrogens is 664 g/mol. The first-order chi connectivity index (χ1) is 25.1. The van der Waals surface area contributed by atoms with Gasteiger partial charge in [0.25, 0.3) is 0 Å². The lowest BCUT2D eigenvalue weighted by Gasteiger charge is -2.29. The highest BCUT2D eigenvalue weighted by Crippen LogP contribution is 2.33. The van der Waals surface area contributed by atoms with Crippen molar-refractivity contribution in [2.24, 2.45) is 16.8 Å². The molecule has 2 aliphatic heterocycles. The zero-order valence-electron chi connectivity index (χ0n) is 30.4. The molecule has 5 rings (SSSR count). The molecule has 2 aliphatic rings. The summed E-state index contributed by atoms with van der Waals surface area (Å²) in [7, 11) is 2.66. The van der Waals surface area contributed by atoms with Gasteiger partial charge >= 0.3 is 6.09 Å². The average Bonchev–Trinajstić information content (AvgIpc) is 3.97. The first-order valence-corrected chi connectivity index (χ1v) is 17.5. The van der Waals surface area contributed by atoms with Crippen molar-refractivity contribution >= 4 is 24.3 Å². The van der Waals surface area contributed by atoms with Crippen LogP contribution in [0.25, 0.3) is 0 Å². The maximum atomic E-state index is 13.4. The molecular formula is C38H46N8O6. The molecule has 0 radical (unpaired) electrons. The number of hydrogen-bond donors (Lipinski definition) is 3. The van der Waals surface area contributed by atoms with Crippen molar-refractivity contribution in [1.29, 1.82) is 0 Å². The van der Waals surface area contributed by atoms with E-state index >= 15 is 0 Å². The van der Waals surface area contributed by atoms with Gasteiger partial charge in [-0.1, -0.05) is 39.5 Å². The zero-order valence-corrected chi connectivity index (χ0v) is 30.4. The molecule has 3 amide bonds. The molecule has 274 valence electrons. The van der Waals surface area contributed by atoms with E-state index in [-0.39, 0.29) is 35.7 Å². The number of aromatic amines is 2. The number of methoxy groups -OCH3 is 1. The number of nitrogens with one attached hydrogen (secondary N) is 3. The summed E-state index contributed by atoms with van der Waals surface area (Å²) in [6.07, 6.45) is 7.29. The number of hydrogen-bond acceptors (Lipinski definition) is 9. The Hall–Kier alpha value is -5.60. The summed E-state index contributed by atoms with van der Waals surface area (Å²) in [6, 6.07) is 5.89. The number of benzene rings is 1. The standard InChI is InChI=1S/C38H46N8O6/c1-24(2)32(41-23-52-51-6)36(47)45-19-7-9-30(45)34-39-21-28(42-34)17-15-26-11-13-27(14-12-26)16-18-29-22-40-35(43-29)31-10-8-20-46(31)37(48)33(25(3)4)44-38(49)50-5/h11-14,21-25,30-33H,7-10,19-20H2,1-6H3,(H,39,42)(H,40,43)(H,44,49)/b41-23-/t30-,31-,32-,33-/m0/s1. The highest BCUT2D eigenvalue weighted by molar-refractivity contribution is 5.86. The zero-order chi connectivity index (χ0) is 37.2. The number of aliphatic imine (C=N–C) groups is 1. The summed E-state index contributed by atoms with van der Waals surface area (Å²) in [5.74, 6) is 13.5. The van der Waals surface area contributed by atoms with E-state index < -0.39 is 18.2 Å². The molecule has 3 aromatic rings. The number of amides is 3. The Morgan fingerprint density at radius 3 is 1.81 bits per heavy atom. The summed E-state index contributed by atoms with van der Waals surface area (Å²) in [5.41, 5.74) is 2.75. The molecule has 0 spiro atoms. The Bertz CT molecular complexity index is 1860. The lowest BCUT2D eigenvalue weighted by atomic mass is 10.0. The molecule has 14 nitrogen and oxygen atoms in total. The van der Waals surface area contributed by atoms with Crippen LogP contribution in [0.15, 0.2) is 41.7 Å². The Morgan fingerprint density at radius 2 is 1.35 bits per heavy atom. The van der Waals surface area contributed by atoms with E-state index in [4.69, 9.17) is 14.6 Å². The molecule has 14 heteroatoms. The number of carbonyl (C=O) groups is 3. The second-order valence-electron chi connectivity index (χ2n) is 13.4. The van der Waals surface area contributed by atoms with Gasteiger partial charge in [-0.2, -0.15) is 4.89 Å². The maximum Gasteiger partial charge on any atom is 0.407 e. The predicted molar refractivity (Wildman–Crippen MR) is 192 cm³/mol. The highest BCUT2D eigenvalue weighted by Gasteiger charge is 2.38. The summed E-state index contributed by atoms with van der Waals surface area (Å²) in [6.45, 7) is 8.87. The SMILES string of the molecule is COO/C=N\[C@H](C(=O)N1CCC[C@H]1c1nc(C#Cc2ccc(C#Cc3c[nH]c([C@@H]4CCCN4C(=O)[C@@H](NC(=O)OC)C(C)C)n3)cc2)c[nH]1)C(C)C. The van der Waals surface area contributed by atoms with Crippen molar-refractivity contribution in [2.45, 2.75) is 77.5 Å². The van der Waals surface area contributed by atoms with Gasteiger partial charge in [-0.05, 0) is 73.6 Å². The fourth-order valence-corrected chi connectivity index (χ4v) is 6.38. The number of likely N-dealkylation sites (tertiary alicyclic amines) is 2. The average molecular weight is 711 g/mol. The van der Waals surface area contributed by atoms with Crippen LogP contribution in [-0.2, 0) is 24.1 Å². The van der Waals surface area contributed by atoms with Gasteiger partial charge in [0.1, 0.15) is 35.1 Å². The number of aromatic nitrogens is 4. The fourth-order valence-electron chi connectivity index (χ4n) is 6.38. The van der Waals surface area contributed by atoms with E-state index in [0.717, 1.165) is 43.2 Å². The van der Waals surface area contributed by atoms with Crippen molar-refractivity contribution in [3.05, 3.63) is 70.8 Å². The molecule has 4 atom stereocenters. The number of ether oxygens (including phenoxy) is 1. The van der Waals surface area contributed by atoms with Crippen LogP contribution >= 0.6 is 0 Å². The van der Waals surface area contributed by atoms with Crippen molar-refractivity contribution in [2.75, 3.05) is 27.3 Å². The van der Waals surface area contributed by atoms with Crippen LogP contribution in [0.2, 0.25) is 0 Å². The molecule has 0 unspecified atom stereocenters. The van der Waals surface area contributed by atoms with Gasteiger partial charge < -0.3 is 34.7 Å². The molecule has 0 saturated carbocycles. The second kappa shape index (κ2) is 17.6. The third kappa shape index (κ3) is 9.19. The largest absolute Gasteiger partial charge is 0.453 e. The molecule has 0 bridgehead atoms. The molecule has 2 fully saturated rings. The monoisotopic (exact) mass is 710 g/mol. The molecule has 2 aromatic heterocycles. The van der Waals surface area contributed by atoms with Crippen LogP contribution in [0.1, 0.15) is 99.6 Å². The van der Waals surface area contributed by atoms with E-state index in [9.17, 15) is 14.4 Å². The van der Waals surface area contributed by atoms with Crippen molar-refractivity contribution in [1.82, 2.24) is 35.1 Å². The molecule has 3 N–H and O–H groups in total. The summed E-state index contributed by atoms with van der Waals surface area (Å²) in [4.78, 5) is 71.7. The van der Waals surface area contributed by atoms with E-state index in [1.54, 1.807) is 17.3 Å². The number of carbonyl (C=O) groups excluding carboxylic acids is 3. The van der Waals surface area contributed by atoms with E-state index in [1.807, 2.05) is 56.9 Å². The van der Waals surface area contributed by atoms with Crippen molar-refractivity contribution in [3.63, 3.8) is 0 Å². The second-order valence-corrected chi connectivity index (χ2v) is 13.4. The van der Waals surface area contributed by atoms with Crippen LogP contribution in [-0.4, -0.2) is 93.4 Å². The molecule has 1 aromatic carbocycles. The van der Waals surface area contributed by atoms with Crippen LogP contribution in [0.3, 0.4) is 0 Å². The highest BCUT2D eigenvalue weighted by atomic mass is 17.2. The lowest BCUT2D eigenvalue weighted by molar-refractivity contribution is -0.188. The Labute approximate surface area is 304 Å². The van der Waals surface area contributed by atoms with Crippen LogP contribution in [0.4, 0.5) is 4.79 Å². The van der Waals surface area contributed by atoms with E-state index in [0.29, 0.717) is 36.1 Å². The normalized spacial score (nSPS) is 18.2. The van der Waals surface area contributed by atoms with Gasteiger partial charge in [0, 0.05) is 36.6 Å². The van der Waals surface area contributed by atoms with Gasteiger partial charge in [0.15, 0.2) is 0 Å². The number of nitrogens with zero attached hydrogens (tertiary/aromatic N) is 5. The summed E-state index contributed by atoms with van der Waals surface area (Å²) in [5, 5.41) is 2.67. The lowest BCUT2D eigenvalue weighted by Crippen LogP contribution is -2.51. The van der Waals surface area contributed by atoms with Crippen LogP contribution in [0, 0.1) is 35.5 Å². The Morgan fingerprint density at radius 1 is 0.827 bits per heavy atom. The third-order valence-electron chi connectivity index (χ3n) is 9.09. The number of H-pyrrole nitrogens is 2. The van der Waals surface area contributed by atoms with Gasteiger partial charge in [-0.3, -0.25) is 9.59 Å². The van der Waals surface area contributed by atoms with Gasteiger partial charge in [-0.25, -0.2) is 19.8 Å². The van der Waals surface area contributed by atoms with Gasteiger partial charge in [0.05, 0.1) is 26.3 Å². The number of rotatable bonds is 10. The third-order valence-corrected chi connectivity index (χ3v) is 9.09. The van der Waals surface area contributed by atoms with Crippen LogP contribution < -0.4 is 5.32 Å². The van der Waals surface area contributed by atoms with E-state index in [2.05, 4.69) is 53.8 Å². The summed E-state index contributed by atoms with van der Waals surface area (Å²) >= 11 is 0. The first-order valence-electron chi connectivity index (χ1n) is 17.5. The smallest absolute Gasteiger partial charge is 0.407 e. The maximum absolute atomic E-state index is 13.4. The fraction of sp³-hybridized carbons (Fsp3) is 0.474. The van der Waals surface area contributed by atoms with Crippen molar-refractivity contribution in [3.8, 4) is 23.7 Å². The Balaban J connectivity index is 1.20. The van der Waals surface area contributed by atoms with Crippen LogP contribution in [0.5, 0.6) is 0 Å². The molecule has 4 heterocycles. The minimum Gasteiger partial charge on any atom is -0.453 e. The molecule has 0 aliphatic carbocycles. The minimum atomic E-state index is -0.696. The topological polar surface area (TPSA) is 167 Å². The van der Waals surface area contributed by atoms with E-state index in [1.165, 1.54) is 14.2 Å². The number of alkyl carbamates (subject to hydrolysis) is 1. The summed E-state index contributed by atoms with van der Waals surface area (Å²) < 4.78 is 4.72. The van der Waals surface area contributed by atoms with Gasteiger partial charge in [0.2, 0.25) is 18.2 Å². The van der Waals surface area contributed by atoms with Gasteiger partial charge in [-0.15, -0.1) is 0 Å². The number of imidazole rings is 2. The Kier molecular flexibility index (Phi) is 12.7. The predicted octanol–water partition coefficient (Wildman–Crippen LogP) is 4.27. The van der Waals surface area contributed by atoms with Crippen molar-refractivity contribution < 1.29 is 28.9 Å². The molecule has 52 heavy (non-hydrogen) atoms.